The molecule has 6 heteroatoms. The average molecular weight is 231 g/mol. The van der Waals surface area contributed by atoms with Gasteiger partial charge in [-0.1, -0.05) is 23.3 Å². The second kappa shape index (κ2) is 3.27. The van der Waals surface area contributed by atoms with E-state index in [4.69, 9.17) is 26.2 Å². The predicted molar refractivity (Wildman–Crippen MR) is 49.2 cm³/mol. The summed E-state index contributed by atoms with van der Waals surface area (Å²) in [5, 5.41) is 7.25. The van der Waals surface area contributed by atoms with Crippen LogP contribution in [-0.2, 0) is 14.3 Å². The Morgan fingerprint density at radius 1 is 1.60 bits per heavy atom. The molecule has 0 aromatic rings. The second-order valence-electron chi connectivity index (χ2n) is 3.29. The monoisotopic (exact) mass is 230 g/mol. The zero-order chi connectivity index (χ0) is 11.1. The van der Waals surface area contributed by atoms with Crippen LogP contribution in [0, 0.1) is 0 Å². The van der Waals surface area contributed by atoms with Crippen molar-refractivity contribution in [3.63, 3.8) is 0 Å². The largest absolute Gasteiger partial charge is 0.515 e. The predicted octanol–water partition coefficient (Wildman–Crippen LogP) is 1.78. The van der Waals surface area contributed by atoms with Gasteiger partial charge in [0.05, 0.1) is 6.42 Å². The van der Waals surface area contributed by atoms with Crippen molar-refractivity contribution in [3.05, 3.63) is 23.5 Å². The van der Waals surface area contributed by atoms with E-state index in [2.05, 4.69) is 0 Å². The fraction of sp³-hybridized carbons (Fsp3) is 0.333. The number of carboxylic acids is 1. The molecule has 80 valence electrons. The summed E-state index contributed by atoms with van der Waals surface area (Å²) in [6.07, 6.45) is 2.18. The first kappa shape index (κ1) is 10.0. The molecule has 0 spiro atoms. The molecule has 1 atom stereocenters. The summed E-state index contributed by atoms with van der Waals surface area (Å²) in [5.74, 6) is -0.744. The Labute approximate surface area is 89.9 Å². The minimum Gasteiger partial charge on any atom is -0.481 e. The number of carbonyl (C=O) groups is 2. The normalized spacial score (nSPS) is 28.5. The smallest absolute Gasteiger partial charge is 0.481 e. The summed E-state index contributed by atoms with van der Waals surface area (Å²) in [7, 11) is 0. The van der Waals surface area contributed by atoms with Crippen molar-refractivity contribution in [1.82, 2.24) is 0 Å². The topological polar surface area (TPSA) is 72.8 Å². The van der Waals surface area contributed by atoms with E-state index in [0.717, 1.165) is 0 Å². The van der Waals surface area contributed by atoms with Crippen molar-refractivity contribution >= 4 is 23.7 Å². The number of alkyl halides is 1. The van der Waals surface area contributed by atoms with Crippen LogP contribution < -0.4 is 0 Å². The maximum absolute atomic E-state index is 10.8. The first-order valence-electron chi connectivity index (χ1n) is 4.21. The van der Waals surface area contributed by atoms with Gasteiger partial charge in [0.15, 0.2) is 5.76 Å². The van der Waals surface area contributed by atoms with Crippen molar-refractivity contribution in [2.75, 3.05) is 0 Å². The van der Waals surface area contributed by atoms with Crippen LogP contribution in [0.15, 0.2) is 23.5 Å². The van der Waals surface area contributed by atoms with E-state index in [1.807, 2.05) is 0 Å². The molecule has 1 unspecified atom stereocenters. The number of rotatable bonds is 2. The van der Waals surface area contributed by atoms with Gasteiger partial charge < -0.3 is 14.6 Å². The van der Waals surface area contributed by atoms with E-state index in [1.54, 1.807) is 6.08 Å². The molecular weight excluding hydrogens is 224 g/mol. The van der Waals surface area contributed by atoms with E-state index in [9.17, 15) is 9.59 Å². The van der Waals surface area contributed by atoms with Gasteiger partial charge in [-0.05, 0) is 6.08 Å². The Bertz CT molecular complexity index is 397. The molecule has 0 saturated carbocycles. The third-order valence-corrected chi connectivity index (χ3v) is 2.51. The molecule has 0 aromatic heterocycles. The van der Waals surface area contributed by atoms with Crippen LogP contribution in [-0.4, -0.2) is 22.3 Å². The quantitative estimate of drug-likeness (QED) is 0.578. The van der Waals surface area contributed by atoms with Crippen LogP contribution in [0.1, 0.15) is 12.8 Å². The number of hydrogen-bond donors (Lipinski definition) is 1. The highest BCUT2D eigenvalue weighted by molar-refractivity contribution is 6.26. The fourth-order valence-corrected chi connectivity index (χ4v) is 1.85. The number of carboxylic acid groups (broad SMARTS) is 1. The van der Waals surface area contributed by atoms with Crippen LogP contribution >= 0.6 is 11.6 Å². The molecule has 1 fully saturated rings. The number of carbonyl (C=O) groups excluding carboxylic acids is 1. The number of hydrogen-bond acceptors (Lipinski definition) is 4. The molecule has 2 aliphatic rings. The first-order chi connectivity index (χ1) is 6.99. The maximum atomic E-state index is 10.8. The van der Waals surface area contributed by atoms with Crippen LogP contribution in [0.4, 0.5) is 4.79 Å². The number of halogens is 1. The van der Waals surface area contributed by atoms with Gasteiger partial charge in [0.2, 0.25) is 0 Å². The van der Waals surface area contributed by atoms with Crippen molar-refractivity contribution in [2.24, 2.45) is 0 Å². The number of aliphatic carboxylic acids is 1. The molecule has 5 nitrogen and oxygen atoms in total. The third-order valence-electron chi connectivity index (χ3n) is 2.11. The summed E-state index contributed by atoms with van der Waals surface area (Å²) in [6, 6.07) is 0. The molecule has 15 heavy (non-hydrogen) atoms. The lowest BCUT2D eigenvalue weighted by Crippen LogP contribution is -2.25. The summed E-state index contributed by atoms with van der Waals surface area (Å²) < 4.78 is 9.46. The van der Waals surface area contributed by atoms with Gasteiger partial charge in [-0.2, -0.15) is 0 Å². The van der Waals surface area contributed by atoms with Crippen LogP contribution in [0.5, 0.6) is 0 Å². The first-order valence-corrected chi connectivity index (χ1v) is 4.59. The summed E-state index contributed by atoms with van der Waals surface area (Å²) >= 11 is 5.98. The van der Waals surface area contributed by atoms with Crippen LogP contribution in [0.2, 0.25) is 0 Å². The van der Waals surface area contributed by atoms with Gasteiger partial charge in [-0.3, -0.25) is 4.79 Å². The summed E-state index contributed by atoms with van der Waals surface area (Å²) in [5.41, 5.74) is 0.583. The van der Waals surface area contributed by atoms with Crippen LogP contribution in [0.25, 0.3) is 0 Å². The zero-order valence-electron chi connectivity index (χ0n) is 7.53. The average Bonchev–Trinajstić information content (AvgIpc) is 2.36. The summed E-state index contributed by atoms with van der Waals surface area (Å²) in [6.45, 7) is 0. The molecule has 1 saturated heterocycles. The van der Waals surface area contributed by atoms with E-state index in [0.29, 0.717) is 5.57 Å². The lowest BCUT2D eigenvalue weighted by atomic mass is 9.98. The van der Waals surface area contributed by atoms with Crippen molar-refractivity contribution in [3.8, 4) is 0 Å². The zero-order valence-corrected chi connectivity index (χ0v) is 8.28. The molecule has 1 aliphatic heterocycles. The van der Waals surface area contributed by atoms with Gasteiger partial charge >= 0.3 is 12.1 Å². The number of fused-ring (bicyclic) bond motifs is 1. The van der Waals surface area contributed by atoms with Gasteiger partial charge in [-0.25, -0.2) is 4.79 Å². The molecule has 1 aliphatic carbocycles. The molecule has 0 aromatic carbocycles. The highest BCUT2D eigenvalue weighted by atomic mass is 35.5. The maximum Gasteiger partial charge on any atom is 0.515 e. The van der Waals surface area contributed by atoms with Crippen molar-refractivity contribution in [2.45, 2.75) is 17.9 Å². The lowest BCUT2D eigenvalue weighted by Gasteiger charge is -2.22. The van der Waals surface area contributed by atoms with Gasteiger partial charge in [0, 0.05) is 6.42 Å². The lowest BCUT2D eigenvalue weighted by molar-refractivity contribution is -0.136. The Hall–Kier alpha value is -1.49. The van der Waals surface area contributed by atoms with E-state index in [1.165, 1.54) is 6.08 Å². The molecule has 1 N–H and O–H groups in total. The molecular formula is C9H7ClO5. The minimum absolute atomic E-state index is 0.129. The fourth-order valence-electron chi connectivity index (χ4n) is 1.51. The van der Waals surface area contributed by atoms with Gasteiger partial charge in [-0.15, -0.1) is 0 Å². The Kier molecular flexibility index (Phi) is 2.19. The molecule has 0 bridgehead atoms. The van der Waals surface area contributed by atoms with Crippen molar-refractivity contribution < 1.29 is 24.2 Å². The third kappa shape index (κ3) is 1.83. The van der Waals surface area contributed by atoms with Gasteiger partial charge in [0.1, 0.15) is 0 Å². The molecule has 2 rings (SSSR count). The van der Waals surface area contributed by atoms with E-state index < -0.39 is 17.2 Å². The van der Waals surface area contributed by atoms with E-state index in [-0.39, 0.29) is 18.6 Å². The second-order valence-corrected chi connectivity index (χ2v) is 3.90. The SMILES string of the molecule is O=C(O)CC1=CC=C2OC(=O)OC2(Cl)C1. The van der Waals surface area contributed by atoms with Gasteiger partial charge in [0.25, 0.3) is 5.06 Å². The molecule has 0 radical (unpaired) electrons. The standard InChI is InChI=1S/C9H7ClO5/c10-9-4-5(3-7(11)12)1-2-6(9)14-8(13)15-9/h1-2H,3-4H2,(H,11,12). The Balaban J connectivity index is 2.20. The number of allylic oxidation sites excluding steroid dienone is 2. The molecule has 1 heterocycles. The Morgan fingerprint density at radius 2 is 2.33 bits per heavy atom. The number of ether oxygens (including phenoxy) is 2. The van der Waals surface area contributed by atoms with E-state index >= 15 is 0 Å². The highest BCUT2D eigenvalue weighted by Crippen LogP contribution is 2.42. The highest BCUT2D eigenvalue weighted by Gasteiger charge is 2.48. The summed E-state index contributed by atoms with van der Waals surface area (Å²) in [4.78, 5) is 21.3. The van der Waals surface area contributed by atoms with Crippen LogP contribution in [0.3, 0.4) is 0 Å². The van der Waals surface area contributed by atoms with Crippen molar-refractivity contribution in [1.29, 1.82) is 0 Å². The minimum atomic E-state index is -1.35. The molecule has 0 amide bonds. The Morgan fingerprint density at radius 3 is 3.00 bits per heavy atom.